The number of carbonyl (C=O) groups is 2. The molecule has 114 valence electrons. The summed E-state index contributed by atoms with van der Waals surface area (Å²) >= 11 is 11.9. The van der Waals surface area contributed by atoms with E-state index in [0.29, 0.717) is 19.5 Å². The number of likely N-dealkylation sites (tertiary alicyclic amines) is 1. The molecule has 1 aliphatic carbocycles. The standard InChI is InChI=1S/C14H22Cl2N2O2/c1-9(2)17(3)12(19)10-4-6-18(7-5-10)13(20)11-8-14(11,15)16/h9-11H,4-8H2,1-3H3. The number of halogens is 2. The zero-order chi connectivity index (χ0) is 15.1. The van der Waals surface area contributed by atoms with Crippen LogP contribution in [0.2, 0.25) is 0 Å². The summed E-state index contributed by atoms with van der Waals surface area (Å²) in [4.78, 5) is 28.0. The number of amides is 2. The number of rotatable bonds is 3. The van der Waals surface area contributed by atoms with Crippen molar-refractivity contribution in [3.05, 3.63) is 0 Å². The topological polar surface area (TPSA) is 40.6 Å². The van der Waals surface area contributed by atoms with Crippen LogP contribution < -0.4 is 0 Å². The Balaban J connectivity index is 1.84. The van der Waals surface area contributed by atoms with Gasteiger partial charge in [-0.1, -0.05) is 0 Å². The number of hydrogen-bond donors (Lipinski definition) is 0. The molecule has 0 radical (unpaired) electrons. The van der Waals surface area contributed by atoms with Crippen LogP contribution in [0.15, 0.2) is 0 Å². The second-order valence-corrected chi connectivity index (χ2v) is 7.70. The lowest BCUT2D eigenvalue weighted by Crippen LogP contribution is -2.45. The molecule has 6 heteroatoms. The maximum absolute atomic E-state index is 12.2. The molecule has 0 aromatic heterocycles. The zero-order valence-corrected chi connectivity index (χ0v) is 13.7. The van der Waals surface area contributed by atoms with Gasteiger partial charge >= 0.3 is 0 Å². The SMILES string of the molecule is CC(C)N(C)C(=O)C1CCN(C(=O)C2CC2(Cl)Cl)CC1. The van der Waals surface area contributed by atoms with Gasteiger partial charge in [0.15, 0.2) is 0 Å². The molecule has 20 heavy (non-hydrogen) atoms. The Hall–Kier alpha value is -0.480. The summed E-state index contributed by atoms with van der Waals surface area (Å²) < 4.78 is -0.860. The summed E-state index contributed by atoms with van der Waals surface area (Å²) in [6.07, 6.45) is 2.00. The lowest BCUT2D eigenvalue weighted by molar-refractivity contribution is -0.141. The molecule has 1 aliphatic heterocycles. The van der Waals surface area contributed by atoms with Crippen LogP contribution in [0.5, 0.6) is 0 Å². The molecule has 0 bridgehead atoms. The van der Waals surface area contributed by atoms with Gasteiger partial charge < -0.3 is 9.80 Å². The highest BCUT2D eigenvalue weighted by molar-refractivity contribution is 6.52. The molecular formula is C14H22Cl2N2O2. The van der Waals surface area contributed by atoms with E-state index in [4.69, 9.17) is 23.2 Å². The highest BCUT2D eigenvalue weighted by Crippen LogP contribution is 2.54. The van der Waals surface area contributed by atoms with Crippen LogP contribution in [0.3, 0.4) is 0 Å². The molecule has 0 spiro atoms. The van der Waals surface area contributed by atoms with Crippen molar-refractivity contribution in [3.63, 3.8) is 0 Å². The van der Waals surface area contributed by atoms with E-state index >= 15 is 0 Å². The number of piperidine rings is 1. The van der Waals surface area contributed by atoms with E-state index in [1.165, 1.54) is 0 Å². The summed E-state index contributed by atoms with van der Waals surface area (Å²) in [7, 11) is 1.84. The minimum atomic E-state index is -0.860. The van der Waals surface area contributed by atoms with Crippen LogP contribution in [0.4, 0.5) is 0 Å². The predicted molar refractivity (Wildman–Crippen MR) is 79.8 cm³/mol. The first-order chi connectivity index (χ1) is 9.24. The molecule has 2 aliphatic rings. The second kappa shape index (κ2) is 5.72. The fourth-order valence-electron chi connectivity index (χ4n) is 2.59. The summed E-state index contributed by atoms with van der Waals surface area (Å²) in [5, 5.41) is 0. The molecule has 2 fully saturated rings. The van der Waals surface area contributed by atoms with E-state index in [9.17, 15) is 9.59 Å². The average molecular weight is 321 g/mol. The minimum Gasteiger partial charge on any atom is -0.343 e. The number of alkyl halides is 2. The predicted octanol–water partition coefficient (Wildman–Crippen LogP) is 2.29. The van der Waals surface area contributed by atoms with E-state index in [-0.39, 0.29) is 29.7 Å². The van der Waals surface area contributed by atoms with Gasteiger partial charge in [0, 0.05) is 32.1 Å². The van der Waals surface area contributed by atoms with Gasteiger partial charge in [-0.2, -0.15) is 0 Å². The van der Waals surface area contributed by atoms with E-state index in [2.05, 4.69) is 0 Å². The molecule has 0 N–H and O–H groups in total. The normalized spacial score (nSPS) is 25.7. The van der Waals surface area contributed by atoms with Crippen molar-refractivity contribution >= 4 is 35.0 Å². The van der Waals surface area contributed by atoms with Crippen molar-refractivity contribution in [1.29, 1.82) is 0 Å². The Morgan fingerprint density at radius 2 is 1.75 bits per heavy atom. The van der Waals surface area contributed by atoms with Crippen LogP contribution in [0, 0.1) is 11.8 Å². The van der Waals surface area contributed by atoms with Crippen LogP contribution >= 0.6 is 23.2 Å². The largest absolute Gasteiger partial charge is 0.343 e. The van der Waals surface area contributed by atoms with Gasteiger partial charge in [-0.3, -0.25) is 9.59 Å². The fourth-order valence-corrected chi connectivity index (χ4v) is 3.09. The molecule has 1 unspecified atom stereocenters. The van der Waals surface area contributed by atoms with Gasteiger partial charge in [0.05, 0.1) is 5.92 Å². The molecule has 2 rings (SSSR count). The molecule has 2 amide bonds. The van der Waals surface area contributed by atoms with Gasteiger partial charge in [0.1, 0.15) is 4.33 Å². The number of hydrogen-bond acceptors (Lipinski definition) is 2. The van der Waals surface area contributed by atoms with Gasteiger partial charge in [0.2, 0.25) is 11.8 Å². The first-order valence-electron chi connectivity index (χ1n) is 7.17. The Bertz CT molecular complexity index is 382. The third-order valence-electron chi connectivity index (χ3n) is 4.40. The first-order valence-corrected chi connectivity index (χ1v) is 7.93. The molecule has 1 heterocycles. The Morgan fingerprint density at radius 3 is 2.15 bits per heavy atom. The quantitative estimate of drug-likeness (QED) is 0.748. The second-order valence-electron chi connectivity index (χ2n) is 6.16. The summed E-state index contributed by atoms with van der Waals surface area (Å²) in [6, 6.07) is 0.210. The van der Waals surface area contributed by atoms with E-state index in [0.717, 1.165) is 12.8 Å². The van der Waals surface area contributed by atoms with Gasteiger partial charge in [-0.15, -0.1) is 23.2 Å². The van der Waals surface area contributed by atoms with Crippen molar-refractivity contribution < 1.29 is 9.59 Å². The zero-order valence-electron chi connectivity index (χ0n) is 12.2. The van der Waals surface area contributed by atoms with Crippen molar-refractivity contribution in [1.82, 2.24) is 9.80 Å². The van der Waals surface area contributed by atoms with E-state index < -0.39 is 4.33 Å². The van der Waals surface area contributed by atoms with Crippen molar-refractivity contribution in [2.75, 3.05) is 20.1 Å². The fraction of sp³-hybridized carbons (Fsp3) is 0.857. The maximum Gasteiger partial charge on any atom is 0.228 e. The molecular weight excluding hydrogens is 299 g/mol. The van der Waals surface area contributed by atoms with Crippen molar-refractivity contribution in [3.8, 4) is 0 Å². The highest BCUT2D eigenvalue weighted by Gasteiger charge is 2.57. The smallest absolute Gasteiger partial charge is 0.228 e. The van der Waals surface area contributed by atoms with Gasteiger partial charge in [0.25, 0.3) is 0 Å². The van der Waals surface area contributed by atoms with Crippen LogP contribution in [0.25, 0.3) is 0 Å². The lowest BCUT2D eigenvalue weighted by Gasteiger charge is -2.34. The third-order valence-corrected chi connectivity index (χ3v) is 5.24. The molecule has 1 atom stereocenters. The minimum absolute atomic E-state index is 0.0300. The molecule has 4 nitrogen and oxygen atoms in total. The Kier molecular flexibility index (Phi) is 4.55. The van der Waals surface area contributed by atoms with Gasteiger partial charge in [-0.25, -0.2) is 0 Å². The number of carbonyl (C=O) groups excluding carboxylic acids is 2. The van der Waals surface area contributed by atoms with Crippen LogP contribution in [0.1, 0.15) is 33.1 Å². The molecule has 1 saturated carbocycles. The highest BCUT2D eigenvalue weighted by atomic mass is 35.5. The third kappa shape index (κ3) is 3.22. The average Bonchev–Trinajstić information content (AvgIpc) is 3.05. The van der Waals surface area contributed by atoms with E-state index in [1.54, 1.807) is 9.80 Å². The molecule has 0 aromatic carbocycles. The monoisotopic (exact) mass is 320 g/mol. The Labute approximate surface area is 130 Å². The molecule has 1 saturated heterocycles. The Morgan fingerprint density at radius 1 is 1.25 bits per heavy atom. The molecule has 0 aromatic rings. The van der Waals surface area contributed by atoms with Crippen LogP contribution in [-0.2, 0) is 9.59 Å². The lowest BCUT2D eigenvalue weighted by atomic mass is 9.94. The van der Waals surface area contributed by atoms with Crippen molar-refractivity contribution in [2.45, 2.75) is 43.5 Å². The summed E-state index contributed by atoms with van der Waals surface area (Å²) in [5.74, 6) is -0.000460. The number of nitrogens with zero attached hydrogens (tertiary/aromatic N) is 2. The van der Waals surface area contributed by atoms with Crippen molar-refractivity contribution in [2.24, 2.45) is 11.8 Å². The first kappa shape index (κ1) is 15.9. The summed E-state index contributed by atoms with van der Waals surface area (Å²) in [5.41, 5.74) is 0. The van der Waals surface area contributed by atoms with E-state index in [1.807, 2.05) is 20.9 Å². The van der Waals surface area contributed by atoms with Gasteiger partial charge in [-0.05, 0) is 33.1 Å². The maximum atomic E-state index is 12.2. The summed E-state index contributed by atoms with van der Waals surface area (Å²) in [6.45, 7) is 5.26. The van der Waals surface area contributed by atoms with Crippen LogP contribution in [-0.4, -0.2) is 52.1 Å².